The van der Waals surface area contributed by atoms with Crippen LogP contribution in [0.5, 0.6) is 0 Å². The number of hydrogen-bond donors (Lipinski definition) is 1. The smallest absolute Gasteiger partial charge is 0.0865 e. The quantitative estimate of drug-likeness (QED) is 0.854. The van der Waals surface area contributed by atoms with Crippen LogP contribution in [0.1, 0.15) is 50.2 Å². The lowest BCUT2D eigenvalue weighted by atomic mass is 9.82. The molecule has 112 valence electrons. The molecule has 2 atom stereocenters. The highest BCUT2D eigenvalue weighted by molar-refractivity contribution is 5.23. The zero-order valence-corrected chi connectivity index (χ0v) is 12.8. The molecule has 0 saturated heterocycles. The Kier molecular flexibility index (Phi) is 6.06. The van der Waals surface area contributed by atoms with Gasteiger partial charge in [0.2, 0.25) is 0 Å². The van der Waals surface area contributed by atoms with Gasteiger partial charge in [0.1, 0.15) is 0 Å². The van der Waals surface area contributed by atoms with E-state index in [9.17, 15) is 5.11 Å². The van der Waals surface area contributed by atoms with Crippen molar-refractivity contribution in [3.63, 3.8) is 0 Å². The van der Waals surface area contributed by atoms with E-state index in [0.717, 1.165) is 0 Å². The topological polar surface area (TPSA) is 29.5 Å². The second-order valence-corrected chi connectivity index (χ2v) is 6.08. The first-order chi connectivity index (χ1) is 9.70. The highest BCUT2D eigenvalue weighted by Gasteiger charge is 2.30. The number of aryl methyl sites for hydroxylation is 1. The van der Waals surface area contributed by atoms with Gasteiger partial charge in [0, 0.05) is 13.0 Å². The molecule has 0 amide bonds. The zero-order chi connectivity index (χ0) is 14.4. The summed E-state index contributed by atoms with van der Waals surface area (Å²) in [6.07, 6.45) is 6.62. The number of hydrogen-bond acceptors (Lipinski definition) is 2. The Hall–Kier alpha value is -0.860. The number of rotatable bonds is 6. The summed E-state index contributed by atoms with van der Waals surface area (Å²) < 4.78 is 5.90. The minimum atomic E-state index is -0.389. The number of benzene rings is 1. The van der Waals surface area contributed by atoms with Crippen molar-refractivity contribution in [2.45, 2.75) is 64.6 Å². The largest absolute Gasteiger partial charge is 0.390 e. The van der Waals surface area contributed by atoms with Gasteiger partial charge in [-0.15, -0.1) is 0 Å². The van der Waals surface area contributed by atoms with Crippen molar-refractivity contribution in [3.8, 4) is 0 Å². The molecule has 1 fully saturated rings. The maximum atomic E-state index is 10.6. The second kappa shape index (κ2) is 7.80. The summed E-state index contributed by atoms with van der Waals surface area (Å²) in [5.41, 5.74) is 2.46. The minimum Gasteiger partial charge on any atom is -0.390 e. The summed E-state index contributed by atoms with van der Waals surface area (Å²) in [6.45, 7) is 4.80. The first kappa shape index (κ1) is 15.5. The maximum Gasteiger partial charge on any atom is 0.0865 e. The van der Waals surface area contributed by atoms with Gasteiger partial charge in [-0.3, -0.25) is 0 Å². The molecule has 0 aromatic heterocycles. The normalized spacial score (nSPS) is 19.8. The van der Waals surface area contributed by atoms with E-state index in [1.54, 1.807) is 0 Å². The van der Waals surface area contributed by atoms with Crippen molar-refractivity contribution in [1.82, 2.24) is 0 Å². The fourth-order valence-corrected chi connectivity index (χ4v) is 3.41. The van der Waals surface area contributed by atoms with E-state index in [1.807, 2.05) is 6.92 Å². The van der Waals surface area contributed by atoms with Gasteiger partial charge in [0.25, 0.3) is 0 Å². The molecule has 2 heteroatoms. The third kappa shape index (κ3) is 4.32. The predicted octanol–water partition coefficient (Wildman–Crippen LogP) is 3.88. The van der Waals surface area contributed by atoms with Crippen LogP contribution in [0, 0.1) is 12.8 Å². The summed E-state index contributed by atoms with van der Waals surface area (Å²) in [7, 11) is 0. The molecule has 0 aliphatic heterocycles. The Labute approximate surface area is 123 Å². The van der Waals surface area contributed by atoms with Crippen LogP contribution in [0.25, 0.3) is 0 Å². The van der Waals surface area contributed by atoms with Gasteiger partial charge in [-0.25, -0.2) is 0 Å². The molecule has 2 nitrogen and oxygen atoms in total. The summed E-state index contributed by atoms with van der Waals surface area (Å²) >= 11 is 0. The van der Waals surface area contributed by atoms with Crippen LogP contribution in [0.2, 0.25) is 0 Å². The molecule has 1 saturated carbocycles. The summed E-state index contributed by atoms with van der Waals surface area (Å²) in [6, 6.07) is 8.41. The Morgan fingerprint density at radius 2 is 2.00 bits per heavy atom. The van der Waals surface area contributed by atoms with Gasteiger partial charge >= 0.3 is 0 Å². The molecule has 20 heavy (non-hydrogen) atoms. The Morgan fingerprint density at radius 1 is 1.25 bits per heavy atom. The van der Waals surface area contributed by atoms with Gasteiger partial charge in [-0.05, 0) is 38.2 Å². The molecule has 1 aromatic carbocycles. The SMILES string of the molecule is CCOC(C(O)Cc1cccc(C)c1)C1CCCCC1. The number of aliphatic hydroxyl groups is 1. The zero-order valence-electron chi connectivity index (χ0n) is 12.8. The average Bonchev–Trinajstić information content (AvgIpc) is 2.45. The van der Waals surface area contributed by atoms with Crippen LogP contribution in [0.4, 0.5) is 0 Å². The molecule has 0 bridgehead atoms. The van der Waals surface area contributed by atoms with Crippen LogP contribution in [0.15, 0.2) is 24.3 Å². The van der Waals surface area contributed by atoms with Crippen LogP contribution in [0.3, 0.4) is 0 Å². The summed E-state index contributed by atoms with van der Waals surface area (Å²) in [5.74, 6) is 0.531. The van der Waals surface area contributed by atoms with Crippen LogP contribution < -0.4 is 0 Å². The Balaban J connectivity index is 2.00. The van der Waals surface area contributed by atoms with Gasteiger partial charge < -0.3 is 9.84 Å². The van der Waals surface area contributed by atoms with E-state index >= 15 is 0 Å². The predicted molar refractivity (Wildman–Crippen MR) is 82.9 cm³/mol. The van der Waals surface area contributed by atoms with Gasteiger partial charge in [-0.2, -0.15) is 0 Å². The highest BCUT2D eigenvalue weighted by Crippen LogP contribution is 2.30. The molecular weight excluding hydrogens is 248 g/mol. The molecule has 2 unspecified atom stereocenters. The van der Waals surface area contributed by atoms with E-state index in [1.165, 1.54) is 43.2 Å². The first-order valence-electron chi connectivity index (χ1n) is 8.06. The highest BCUT2D eigenvalue weighted by atomic mass is 16.5. The third-order valence-electron chi connectivity index (χ3n) is 4.38. The minimum absolute atomic E-state index is 0.000752. The molecule has 1 N–H and O–H groups in total. The van der Waals surface area contributed by atoms with Crippen molar-refractivity contribution in [2.24, 2.45) is 5.92 Å². The molecular formula is C18H28O2. The molecule has 2 rings (SSSR count). The van der Waals surface area contributed by atoms with Crippen LogP contribution >= 0.6 is 0 Å². The monoisotopic (exact) mass is 276 g/mol. The van der Waals surface area contributed by atoms with Crippen LogP contribution in [-0.4, -0.2) is 23.9 Å². The van der Waals surface area contributed by atoms with Gasteiger partial charge in [0.15, 0.2) is 0 Å². The van der Waals surface area contributed by atoms with E-state index < -0.39 is 0 Å². The fraction of sp³-hybridized carbons (Fsp3) is 0.667. The first-order valence-corrected chi connectivity index (χ1v) is 8.06. The molecule has 0 heterocycles. The molecule has 1 aliphatic rings. The van der Waals surface area contributed by atoms with E-state index in [4.69, 9.17) is 4.74 Å². The Morgan fingerprint density at radius 3 is 2.65 bits per heavy atom. The lowest BCUT2D eigenvalue weighted by Crippen LogP contribution is -2.38. The van der Waals surface area contributed by atoms with E-state index in [0.29, 0.717) is 18.9 Å². The van der Waals surface area contributed by atoms with Crippen molar-refractivity contribution >= 4 is 0 Å². The summed E-state index contributed by atoms with van der Waals surface area (Å²) in [4.78, 5) is 0. The van der Waals surface area contributed by atoms with Crippen molar-refractivity contribution in [1.29, 1.82) is 0 Å². The van der Waals surface area contributed by atoms with E-state index in [2.05, 4.69) is 31.2 Å². The third-order valence-corrected chi connectivity index (χ3v) is 4.38. The maximum absolute atomic E-state index is 10.6. The second-order valence-electron chi connectivity index (χ2n) is 6.08. The summed E-state index contributed by atoms with van der Waals surface area (Å²) in [5, 5.41) is 10.6. The average molecular weight is 276 g/mol. The van der Waals surface area contributed by atoms with Crippen molar-refractivity contribution in [3.05, 3.63) is 35.4 Å². The van der Waals surface area contributed by atoms with Crippen molar-refractivity contribution in [2.75, 3.05) is 6.61 Å². The van der Waals surface area contributed by atoms with Crippen LogP contribution in [-0.2, 0) is 11.2 Å². The fourth-order valence-electron chi connectivity index (χ4n) is 3.41. The van der Waals surface area contributed by atoms with Crippen molar-refractivity contribution < 1.29 is 9.84 Å². The molecule has 1 aromatic rings. The lowest BCUT2D eigenvalue weighted by molar-refractivity contribution is -0.0715. The molecule has 1 aliphatic carbocycles. The van der Waals surface area contributed by atoms with Gasteiger partial charge in [0.05, 0.1) is 12.2 Å². The number of ether oxygens (including phenoxy) is 1. The Bertz CT molecular complexity index is 396. The van der Waals surface area contributed by atoms with E-state index in [-0.39, 0.29) is 12.2 Å². The molecule has 0 spiro atoms. The standard InChI is InChI=1S/C18H28O2/c1-3-20-18(16-10-5-4-6-11-16)17(19)13-15-9-7-8-14(2)12-15/h7-9,12,16-19H,3-6,10-11,13H2,1-2H3. The van der Waals surface area contributed by atoms with Gasteiger partial charge in [-0.1, -0.05) is 49.1 Å². The number of aliphatic hydroxyl groups excluding tert-OH is 1. The molecule has 0 radical (unpaired) electrons. The lowest BCUT2D eigenvalue weighted by Gasteiger charge is -2.33.